The molecule has 0 aliphatic carbocycles. The lowest BCUT2D eigenvalue weighted by Crippen LogP contribution is -2.45. The zero-order chi connectivity index (χ0) is 14.5. The molecule has 4 nitrogen and oxygen atoms in total. The third kappa shape index (κ3) is 4.34. The molecule has 2 N–H and O–H groups in total. The molecule has 0 bridgehead atoms. The number of halogens is 3. The summed E-state index contributed by atoms with van der Waals surface area (Å²) in [7, 11) is 0. The summed E-state index contributed by atoms with van der Waals surface area (Å²) in [5, 5.41) is 22.5. The van der Waals surface area contributed by atoms with Gasteiger partial charge in [-0.3, -0.25) is 4.90 Å². The van der Waals surface area contributed by atoms with E-state index in [1.54, 1.807) is 6.08 Å². The molecule has 1 aromatic carbocycles. The number of aromatic hydroxyl groups is 1. The fraction of sp³-hybridized carbons (Fsp3) is 0.400. The van der Waals surface area contributed by atoms with Crippen molar-refractivity contribution in [1.29, 1.82) is 5.26 Å². The van der Waals surface area contributed by atoms with Gasteiger partial charge in [0.2, 0.25) is 0 Å². The van der Waals surface area contributed by atoms with Gasteiger partial charge in [0, 0.05) is 37.8 Å². The van der Waals surface area contributed by atoms with Crippen LogP contribution in [-0.2, 0) is 0 Å². The molecule has 0 amide bonds. The van der Waals surface area contributed by atoms with Crippen molar-refractivity contribution in [2.45, 2.75) is 12.5 Å². The molecule has 1 aliphatic rings. The van der Waals surface area contributed by atoms with Crippen LogP contribution in [0.15, 0.2) is 24.8 Å². The summed E-state index contributed by atoms with van der Waals surface area (Å²) in [5.41, 5.74) is 0.684. The Hall–Kier alpha value is -1.32. The van der Waals surface area contributed by atoms with Gasteiger partial charge in [0.1, 0.15) is 0 Å². The van der Waals surface area contributed by atoms with Crippen molar-refractivity contribution in [3.05, 3.63) is 41.7 Å². The average molecular weight is 348 g/mol. The predicted octanol–water partition coefficient (Wildman–Crippen LogP) is 2.77. The van der Waals surface area contributed by atoms with Crippen LogP contribution in [0.3, 0.4) is 0 Å². The molecule has 0 aromatic heterocycles. The Bertz CT molecular complexity index is 542. The second-order valence-electron chi connectivity index (χ2n) is 4.80. The SMILES string of the molecule is C=CC[C@@H](c1c(C#N)ccc(F)c1O)N1CCNCC1.Cl.Cl. The molecule has 1 heterocycles. The fourth-order valence-electron chi connectivity index (χ4n) is 2.62. The van der Waals surface area contributed by atoms with E-state index >= 15 is 0 Å². The number of phenols is 1. The number of hydrogen-bond donors (Lipinski definition) is 2. The first-order valence-corrected chi connectivity index (χ1v) is 6.66. The Morgan fingerprint density at radius 2 is 2.05 bits per heavy atom. The molecule has 1 aromatic rings. The molecular weight excluding hydrogens is 328 g/mol. The second-order valence-corrected chi connectivity index (χ2v) is 4.80. The van der Waals surface area contributed by atoms with Crippen molar-refractivity contribution in [3.8, 4) is 11.8 Å². The minimum Gasteiger partial charge on any atom is -0.505 e. The molecule has 122 valence electrons. The molecule has 2 rings (SSSR count). The van der Waals surface area contributed by atoms with Crippen LogP contribution in [0.25, 0.3) is 0 Å². The Morgan fingerprint density at radius 1 is 1.41 bits per heavy atom. The highest BCUT2D eigenvalue weighted by atomic mass is 35.5. The number of nitriles is 1. The van der Waals surface area contributed by atoms with Crippen molar-refractivity contribution in [3.63, 3.8) is 0 Å². The monoisotopic (exact) mass is 347 g/mol. The van der Waals surface area contributed by atoms with E-state index in [2.05, 4.69) is 16.8 Å². The van der Waals surface area contributed by atoms with Crippen molar-refractivity contribution in [2.75, 3.05) is 26.2 Å². The van der Waals surface area contributed by atoms with Crippen LogP contribution in [0, 0.1) is 17.1 Å². The highest BCUT2D eigenvalue weighted by Crippen LogP contribution is 2.36. The molecule has 0 spiro atoms. The third-order valence-electron chi connectivity index (χ3n) is 3.60. The van der Waals surface area contributed by atoms with Crippen molar-refractivity contribution in [1.82, 2.24) is 10.2 Å². The molecule has 0 saturated carbocycles. The fourth-order valence-corrected chi connectivity index (χ4v) is 2.62. The minimum atomic E-state index is -0.691. The maximum absolute atomic E-state index is 13.6. The van der Waals surface area contributed by atoms with Crippen LogP contribution in [0.2, 0.25) is 0 Å². The van der Waals surface area contributed by atoms with Crippen LogP contribution in [0.4, 0.5) is 4.39 Å². The van der Waals surface area contributed by atoms with E-state index in [0.717, 1.165) is 32.2 Å². The number of rotatable bonds is 4. The third-order valence-corrected chi connectivity index (χ3v) is 3.60. The van der Waals surface area contributed by atoms with Crippen LogP contribution in [0.1, 0.15) is 23.6 Å². The molecule has 0 radical (unpaired) electrons. The quantitative estimate of drug-likeness (QED) is 0.822. The van der Waals surface area contributed by atoms with Gasteiger partial charge in [0.25, 0.3) is 0 Å². The van der Waals surface area contributed by atoms with Gasteiger partial charge in [-0.05, 0) is 18.6 Å². The van der Waals surface area contributed by atoms with Crippen LogP contribution in [-0.4, -0.2) is 36.2 Å². The molecular formula is C15H20Cl2FN3O. The molecule has 1 saturated heterocycles. The molecule has 1 atom stereocenters. The van der Waals surface area contributed by atoms with Crippen LogP contribution in [0.5, 0.6) is 5.75 Å². The van der Waals surface area contributed by atoms with E-state index in [1.165, 1.54) is 6.07 Å². The normalized spacial score (nSPS) is 15.8. The number of nitrogens with zero attached hydrogens (tertiary/aromatic N) is 2. The number of benzene rings is 1. The number of phenolic OH excluding ortho intramolecular Hbond substituents is 1. The summed E-state index contributed by atoms with van der Waals surface area (Å²) in [5.74, 6) is -1.11. The minimum absolute atomic E-state index is 0. The number of piperazine rings is 1. The van der Waals surface area contributed by atoms with Gasteiger partial charge in [-0.1, -0.05) is 6.08 Å². The van der Waals surface area contributed by atoms with Gasteiger partial charge < -0.3 is 10.4 Å². The van der Waals surface area contributed by atoms with Gasteiger partial charge >= 0.3 is 0 Å². The van der Waals surface area contributed by atoms with E-state index < -0.39 is 11.6 Å². The van der Waals surface area contributed by atoms with Gasteiger partial charge in [0.05, 0.1) is 11.6 Å². The summed E-state index contributed by atoms with van der Waals surface area (Å²) in [4.78, 5) is 2.15. The predicted molar refractivity (Wildman–Crippen MR) is 89.3 cm³/mol. The summed E-state index contributed by atoms with van der Waals surface area (Å²) in [6.45, 7) is 6.99. The highest BCUT2D eigenvalue weighted by molar-refractivity contribution is 5.85. The summed E-state index contributed by atoms with van der Waals surface area (Å²) >= 11 is 0. The van der Waals surface area contributed by atoms with E-state index in [1.807, 2.05) is 6.07 Å². The topological polar surface area (TPSA) is 59.3 Å². The van der Waals surface area contributed by atoms with E-state index in [-0.39, 0.29) is 30.9 Å². The zero-order valence-electron chi connectivity index (χ0n) is 12.1. The summed E-state index contributed by atoms with van der Waals surface area (Å²) in [6.07, 6.45) is 2.30. The van der Waals surface area contributed by atoms with Gasteiger partial charge in [-0.25, -0.2) is 4.39 Å². The number of nitrogens with one attached hydrogen (secondary N) is 1. The standard InChI is InChI=1S/C15H18FN3O.2ClH/c1-2-3-13(19-8-6-18-7-9-19)14-11(10-17)4-5-12(16)15(14)20;;/h2,4-5,13,18,20H,1,3,6-9H2;2*1H/t13-;;/m0../s1. The van der Waals surface area contributed by atoms with E-state index in [9.17, 15) is 14.8 Å². The maximum Gasteiger partial charge on any atom is 0.165 e. The first-order valence-electron chi connectivity index (χ1n) is 6.66. The Kier molecular flexibility index (Phi) is 9.07. The number of hydrogen-bond acceptors (Lipinski definition) is 4. The molecule has 22 heavy (non-hydrogen) atoms. The van der Waals surface area contributed by atoms with Crippen LogP contribution < -0.4 is 5.32 Å². The molecule has 1 fully saturated rings. The summed E-state index contributed by atoms with van der Waals surface area (Å²) in [6, 6.07) is 4.36. The highest BCUT2D eigenvalue weighted by Gasteiger charge is 2.27. The van der Waals surface area contributed by atoms with Crippen molar-refractivity contribution < 1.29 is 9.50 Å². The average Bonchev–Trinajstić information content (AvgIpc) is 2.49. The van der Waals surface area contributed by atoms with Gasteiger partial charge in [-0.15, -0.1) is 31.4 Å². The van der Waals surface area contributed by atoms with E-state index in [4.69, 9.17) is 0 Å². The van der Waals surface area contributed by atoms with Crippen molar-refractivity contribution >= 4 is 24.8 Å². The van der Waals surface area contributed by atoms with Crippen LogP contribution >= 0.6 is 24.8 Å². The smallest absolute Gasteiger partial charge is 0.165 e. The first kappa shape index (κ1) is 20.7. The Labute approximate surface area is 142 Å². The zero-order valence-corrected chi connectivity index (χ0v) is 13.7. The summed E-state index contributed by atoms with van der Waals surface area (Å²) < 4.78 is 13.6. The van der Waals surface area contributed by atoms with Crippen molar-refractivity contribution in [2.24, 2.45) is 0 Å². The van der Waals surface area contributed by atoms with E-state index in [0.29, 0.717) is 17.5 Å². The lowest BCUT2D eigenvalue weighted by atomic mass is 9.95. The maximum atomic E-state index is 13.6. The van der Waals surface area contributed by atoms with Gasteiger partial charge in [-0.2, -0.15) is 5.26 Å². The molecule has 1 aliphatic heterocycles. The molecule has 0 unspecified atom stereocenters. The second kappa shape index (κ2) is 9.65. The van der Waals surface area contributed by atoms with Gasteiger partial charge in [0.15, 0.2) is 11.6 Å². The lowest BCUT2D eigenvalue weighted by Gasteiger charge is -2.35. The first-order chi connectivity index (χ1) is 9.69. The lowest BCUT2D eigenvalue weighted by molar-refractivity contribution is 0.171. The Morgan fingerprint density at radius 3 is 2.59 bits per heavy atom. The Balaban J connectivity index is 0.00000220. The largest absolute Gasteiger partial charge is 0.505 e. The molecule has 7 heteroatoms.